The molecule has 6 heteroatoms. The molecule has 1 heterocycles. The first-order chi connectivity index (χ1) is 8.88. The average molecular weight is 276 g/mol. The molecule has 0 radical (unpaired) electrons. The summed E-state index contributed by atoms with van der Waals surface area (Å²) in [6.07, 6.45) is -4.27. The number of halogens is 4. The molecule has 1 aliphatic heterocycles. The Morgan fingerprint density at radius 2 is 2.05 bits per heavy atom. The van der Waals surface area contributed by atoms with Crippen molar-refractivity contribution in [1.29, 1.82) is 0 Å². The molecule has 1 N–H and O–H groups in total. The van der Waals surface area contributed by atoms with E-state index < -0.39 is 17.9 Å². The van der Waals surface area contributed by atoms with Crippen molar-refractivity contribution in [3.8, 4) is 0 Å². The van der Waals surface area contributed by atoms with E-state index in [9.17, 15) is 17.6 Å². The number of rotatable bonds is 1. The van der Waals surface area contributed by atoms with Crippen LogP contribution in [-0.4, -0.2) is 32.4 Å². The summed E-state index contributed by atoms with van der Waals surface area (Å²) in [5.74, 6) is -1.96. The molecule has 0 aromatic heterocycles. The van der Waals surface area contributed by atoms with Crippen molar-refractivity contribution in [2.75, 3.05) is 31.1 Å². The van der Waals surface area contributed by atoms with Gasteiger partial charge in [0.05, 0.1) is 11.6 Å². The molecule has 2 rings (SSSR count). The number of aryl methyl sites for hydroxylation is 1. The molecule has 1 saturated heterocycles. The highest BCUT2D eigenvalue weighted by atomic mass is 19.4. The van der Waals surface area contributed by atoms with E-state index in [0.29, 0.717) is 13.1 Å². The molecule has 1 aromatic carbocycles. The third-order valence-corrected chi connectivity index (χ3v) is 3.30. The summed E-state index contributed by atoms with van der Waals surface area (Å²) in [5.41, 5.74) is 1.08. The lowest BCUT2D eigenvalue weighted by molar-refractivity contribution is -0.169. The van der Waals surface area contributed by atoms with Crippen molar-refractivity contribution in [2.24, 2.45) is 5.92 Å². The molecule has 0 saturated carbocycles. The van der Waals surface area contributed by atoms with Crippen LogP contribution in [0.4, 0.5) is 23.2 Å². The van der Waals surface area contributed by atoms with Gasteiger partial charge in [-0.05, 0) is 24.6 Å². The van der Waals surface area contributed by atoms with Crippen molar-refractivity contribution in [1.82, 2.24) is 5.32 Å². The average Bonchev–Trinajstić information content (AvgIpc) is 2.57. The first-order valence-electron chi connectivity index (χ1n) is 6.16. The van der Waals surface area contributed by atoms with E-state index in [1.807, 2.05) is 0 Å². The maximum atomic E-state index is 13.8. The fraction of sp³-hybridized carbons (Fsp3) is 0.538. The summed E-state index contributed by atoms with van der Waals surface area (Å²) in [5, 5.41) is 2.75. The van der Waals surface area contributed by atoms with E-state index in [1.54, 1.807) is 19.1 Å². The van der Waals surface area contributed by atoms with Gasteiger partial charge in [0.1, 0.15) is 5.82 Å². The van der Waals surface area contributed by atoms with Gasteiger partial charge in [-0.2, -0.15) is 13.2 Å². The van der Waals surface area contributed by atoms with Crippen LogP contribution in [0.15, 0.2) is 18.2 Å². The van der Waals surface area contributed by atoms with Gasteiger partial charge in [0.25, 0.3) is 0 Å². The van der Waals surface area contributed by atoms with Crippen LogP contribution in [0.1, 0.15) is 5.56 Å². The number of alkyl halides is 3. The van der Waals surface area contributed by atoms with Gasteiger partial charge >= 0.3 is 6.18 Å². The van der Waals surface area contributed by atoms with Crippen molar-refractivity contribution >= 4 is 5.69 Å². The van der Waals surface area contributed by atoms with Gasteiger partial charge in [-0.25, -0.2) is 4.39 Å². The first-order valence-corrected chi connectivity index (χ1v) is 6.16. The first kappa shape index (κ1) is 14.1. The van der Waals surface area contributed by atoms with Crippen molar-refractivity contribution in [3.63, 3.8) is 0 Å². The van der Waals surface area contributed by atoms with Crippen molar-refractivity contribution < 1.29 is 17.6 Å². The fourth-order valence-electron chi connectivity index (χ4n) is 2.22. The van der Waals surface area contributed by atoms with E-state index >= 15 is 0 Å². The number of benzene rings is 1. The molecule has 1 atom stereocenters. The number of hydrogen-bond acceptors (Lipinski definition) is 2. The molecule has 0 aliphatic carbocycles. The molecule has 1 aromatic rings. The Labute approximate surface area is 109 Å². The Bertz CT molecular complexity index is 445. The minimum atomic E-state index is -4.27. The van der Waals surface area contributed by atoms with Gasteiger partial charge < -0.3 is 10.2 Å². The molecule has 1 fully saturated rings. The molecule has 1 aliphatic rings. The van der Waals surface area contributed by atoms with E-state index in [1.165, 1.54) is 11.0 Å². The molecular weight excluding hydrogens is 260 g/mol. The van der Waals surface area contributed by atoms with Crippen LogP contribution in [0.5, 0.6) is 0 Å². The van der Waals surface area contributed by atoms with Gasteiger partial charge in [-0.15, -0.1) is 0 Å². The topological polar surface area (TPSA) is 15.3 Å². The molecule has 0 spiro atoms. The van der Waals surface area contributed by atoms with E-state index in [2.05, 4.69) is 5.32 Å². The van der Waals surface area contributed by atoms with Gasteiger partial charge in [-0.1, -0.05) is 6.07 Å². The van der Waals surface area contributed by atoms with E-state index in [0.717, 1.165) is 5.56 Å². The standard InChI is InChI=1S/C13H16F4N2/c1-9-2-3-11(14)12(6-9)19-5-4-18-7-10(8-19)13(15,16)17/h2-3,6,10,18H,4-5,7-8H2,1H3. The smallest absolute Gasteiger partial charge is 0.367 e. The maximum absolute atomic E-state index is 13.8. The Kier molecular flexibility index (Phi) is 3.99. The number of nitrogens with one attached hydrogen (secondary N) is 1. The Hall–Kier alpha value is -1.30. The highest BCUT2D eigenvalue weighted by Crippen LogP contribution is 2.30. The Morgan fingerprint density at radius 1 is 1.32 bits per heavy atom. The van der Waals surface area contributed by atoms with Crippen LogP contribution in [0, 0.1) is 18.7 Å². The predicted octanol–water partition coefficient (Wildman–Crippen LogP) is 2.72. The van der Waals surface area contributed by atoms with Crippen molar-refractivity contribution in [3.05, 3.63) is 29.6 Å². The highest BCUT2D eigenvalue weighted by Gasteiger charge is 2.41. The Morgan fingerprint density at radius 3 is 2.74 bits per heavy atom. The lowest BCUT2D eigenvalue weighted by Crippen LogP contribution is -2.38. The maximum Gasteiger partial charge on any atom is 0.394 e. The molecule has 2 nitrogen and oxygen atoms in total. The zero-order chi connectivity index (χ0) is 14.0. The Balaban J connectivity index is 2.25. The summed E-state index contributed by atoms with van der Waals surface area (Å²) in [6.45, 7) is 2.25. The second kappa shape index (κ2) is 5.36. The minimum absolute atomic E-state index is 0.118. The normalized spacial score (nSPS) is 21.3. The van der Waals surface area contributed by atoms with Crippen LogP contribution in [0.2, 0.25) is 0 Å². The monoisotopic (exact) mass is 276 g/mol. The van der Waals surface area contributed by atoms with Crippen LogP contribution in [0.3, 0.4) is 0 Å². The van der Waals surface area contributed by atoms with Crippen LogP contribution in [0.25, 0.3) is 0 Å². The zero-order valence-corrected chi connectivity index (χ0v) is 10.6. The molecule has 19 heavy (non-hydrogen) atoms. The predicted molar refractivity (Wildman–Crippen MR) is 65.8 cm³/mol. The summed E-state index contributed by atoms with van der Waals surface area (Å²) >= 11 is 0. The molecule has 1 unspecified atom stereocenters. The van der Waals surface area contributed by atoms with Gasteiger partial charge in [-0.3, -0.25) is 0 Å². The van der Waals surface area contributed by atoms with Gasteiger partial charge in [0.15, 0.2) is 0 Å². The van der Waals surface area contributed by atoms with Gasteiger partial charge in [0, 0.05) is 26.2 Å². The number of nitrogens with zero attached hydrogens (tertiary/aromatic N) is 1. The van der Waals surface area contributed by atoms with Crippen LogP contribution < -0.4 is 10.2 Å². The SMILES string of the molecule is Cc1ccc(F)c(N2CCNCC(C(F)(F)F)C2)c1. The third-order valence-electron chi connectivity index (χ3n) is 3.30. The van der Waals surface area contributed by atoms with Crippen LogP contribution in [-0.2, 0) is 0 Å². The number of hydrogen-bond donors (Lipinski definition) is 1. The second-order valence-electron chi connectivity index (χ2n) is 4.84. The fourth-order valence-corrected chi connectivity index (χ4v) is 2.22. The molecule has 0 bridgehead atoms. The second-order valence-corrected chi connectivity index (χ2v) is 4.84. The summed E-state index contributed by atoms with van der Waals surface area (Å²) < 4.78 is 52.3. The van der Waals surface area contributed by atoms with Crippen LogP contribution >= 0.6 is 0 Å². The quantitative estimate of drug-likeness (QED) is 0.793. The largest absolute Gasteiger partial charge is 0.394 e. The van der Waals surface area contributed by atoms with E-state index in [-0.39, 0.29) is 18.8 Å². The molecule has 106 valence electrons. The third kappa shape index (κ3) is 3.37. The van der Waals surface area contributed by atoms with Gasteiger partial charge in [0.2, 0.25) is 0 Å². The van der Waals surface area contributed by atoms with E-state index in [4.69, 9.17) is 0 Å². The molecule has 0 amide bonds. The highest BCUT2D eigenvalue weighted by molar-refractivity contribution is 5.50. The summed E-state index contributed by atoms with van der Waals surface area (Å²) in [6, 6.07) is 4.50. The zero-order valence-electron chi connectivity index (χ0n) is 10.6. The number of anilines is 1. The minimum Gasteiger partial charge on any atom is -0.367 e. The lowest BCUT2D eigenvalue weighted by Gasteiger charge is -2.27. The molecular formula is C13H16F4N2. The van der Waals surface area contributed by atoms with Crippen molar-refractivity contribution in [2.45, 2.75) is 13.1 Å². The lowest BCUT2D eigenvalue weighted by atomic mass is 10.1. The summed E-state index contributed by atoms with van der Waals surface area (Å²) in [7, 11) is 0. The summed E-state index contributed by atoms with van der Waals surface area (Å²) in [4.78, 5) is 1.47.